The Bertz CT molecular complexity index is 970. The van der Waals surface area contributed by atoms with Gasteiger partial charge in [0.15, 0.2) is 0 Å². The van der Waals surface area contributed by atoms with Crippen molar-refractivity contribution in [3.63, 3.8) is 0 Å². The fourth-order valence-corrected chi connectivity index (χ4v) is 3.18. The zero-order valence-electron chi connectivity index (χ0n) is 18.4. The molecule has 12 nitrogen and oxygen atoms in total. The Morgan fingerprint density at radius 1 is 0.794 bits per heavy atom. The van der Waals surface area contributed by atoms with Crippen molar-refractivity contribution in [2.45, 2.75) is 44.4 Å². The fourth-order valence-electron chi connectivity index (χ4n) is 3.18. The third-order valence-electron chi connectivity index (χ3n) is 5.10. The van der Waals surface area contributed by atoms with E-state index in [0.29, 0.717) is 25.8 Å². The molecule has 2 aromatic carbocycles. The number of hydrogen-bond donors (Lipinski definition) is 2. The second kappa shape index (κ2) is 12.4. The number of rotatable bonds is 13. The van der Waals surface area contributed by atoms with E-state index >= 15 is 0 Å². The van der Waals surface area contributed by atoms with Crippen LogP contribution in [0.5, 0.6) is 0 Å². The number of esters is 2. The summed E-state index contributed by atoms with van der Waals surface area (Å²) in [6.07, 6.45) is 1.46. The average Bonchev–Trinajstić information content (AvgIpc) is 2.83. The summed E-state index contributed by atoms with van der Waals surface area (Å²) in [6.45, 7) is -0.536. The van der Waals surface area contributed by atoms with Crippen molar-refractivity contribution >= 4 is 23.3 Å². The van der Waals surface area contributed by atoms with Gasteiger partial charge in [0.05, 0.1) is 21.0 Å². The second-order valence-electron chi connectivity index (χ2n) is 7.49. The molecule has 0 fully saturated rings. The van der Waals surface area contributed by atoms with Crippen molar-refractivity contribution in [2.24, 2.45) is 11.5 Å². The van der Waals surface area contributed by atoms with Crippen LogP contribution in [0.1, 0.15) is 36.8 Å². The van der Waals surface area contributed by atoms with Crippen LogP contribution in [0.15, 0.2) is 48.5 Å². The van der Waals surface area contributed by atoms with Gasteiger partial charge < -0.3 is 20.9 Å². The van der Waals surface area contributed by atoms with Gasteiger partial charge in [-0.05, 0) is 31.5 Å². The van der Waals surface area contributed by atoms with E-state index in [1.165, 1.54) is 36.4 Å². The topological polar surface area (TPSA) is 191 Å². The molecule has 0 amide bonds. The molecule has 0 aliphatic rings. The molecule has 4 N–H and O–H groups in total. The Hall–Kier alpha value is -3.90. The number of nitrogens with zero attached hydrogens (tertiary/aromatic N) is 2. The van der Waals surface area contributed by atoms with Crippen molar-refractivity contribution in [3.8, 4) is 0 Å². The number of nitro benzene ring substituents is 2. The molecule has 0 aromatic heterocycles. The van der Waals surface area contributed by atoms with E-state index in [1.807, 2.05) is 0 Å². The average molecular weight is 474 g/mol. The van der Waals surface area contributed by atoms with E-state index in [4.69, 9.17) is 20.9 Å². The lowest BCUT2D eigenvalue weighted by molar-refractivity contribution is -0.386. The standard InChI is InChI=1S/C22H26N4O8/c23-13-7-1-6-12-22(24,20(27)33-14-16-8-2-4-10-18(16)25(29)30)21(28)34-15-17-9-3-5-11-19(17)26(31)32/h2-5,8-11H,1,6-7,12-15,23-24H2. The third kappa shape index (κ3) is 6.80. The summed E-state index contributed by atoms with van der Waals surface area (Å²) >= 11 is 0. The Morgan fingerprint density at radius 3 is 1.65 bits per heavy atom. The summed E-state index contributed by atoms with van der Waals surface area (Å²) < 4.78 is 10.3. The minimum atomic E-state index is -2.21. The summed E-state index contributed by atoms with van der Waals surface area (Å²) in [4.78, 5) is 46.8. The number of ether oxygens (including phenoxy) is 2. The van der Waals surface area contributed by atoms with E-state index < -0.39 is 40.5 Å². The molecule has 34 heavy (non-hydrogen) atoms. The number of carbonyl (C=O) groups is 2. The first-order valence-electron chi connectivity index (χ1n) is 10.5. The summed E-state index contributed by atoms with van der Waals surface area (Å²) in [7, 11) is 0. The molecule has 0 saturated heterocycles. The van der Waals surface area contributed by atoms with Gasteiger partial charge in [0.25, 0.3) is 11.4 Å². The summed E-state index contributed by atoms with van der Waals surface area (Å²) in [6, 6.07) is 11.4. The van der Waals surface area contributed by atoms with Gasteiger partial charge in [-0.1, -0.05) is 37.1 Å². The largest absolute Gasteiger partial charge is 0.459 e. The van der Waals surface area contributed by atoms with Gasteiger partial charge in [-0.25, -0.2) is 9.59 Å². The van der Waals surface area contributed by atoms with E-state index in [1.54, 1.807) is 12.1 Å². The highest BCUT2D eigenvalue weighted by Crippen LogP contribution is 2.23. The number of carbonyl (C=O) groups excluding carboxylic acids is 2. The number of hydrogen-bond acceptors (Lipinski definition) is 10. The quantitative estimate of drug-likeness (QED) is 0.143. The van der Waals surface area contributed by atoms with Crippen LogP contribution in [0.4, 0.5) is 11.4 Å². The molecule has 0 bridgehead atoms. The van der Waals surface area contributed by atoms with Crippen molar-refractivity contribution in [1.29, 1.82) is 0 Å². The molecule has 0 unspecified atom stereocenters. The fraction of sp³-hybridized carbons (Fsp3) is 0.364. The van der Waals surface area contributed by atoms with Crippen LogP contribution in [0.3, 0.4) is 0 Å². The molecule has 2 rings (SSSR count). The normalized spacial score (nSPS) is 11.0. The van der Waals surface area contributed by atoms with Crippen LogP contribution in [0, 0.1) is 20.2 Å². The van der Waals surface area contributed by atoms with Crippen molar-refractivity contribution in [1.82, 2.24) is 0 Å². The van der Waals surface area contributed by atoms with Crippen LogP contribution in [0.2, 0.25) is 0 Å². The lowest BCUT2D eigenvalue weighted by Gasteiger charge is -2.25. The maximum atomic E-state index is 12.9. The number of nitro groups is 2. The Morgan fingerprint density at radius 2 is 1.24 bits per heavy atom. The molecule has 0 saturated carbocycles. The lowest BCUT2D eigenvalue weighted by Crippen LogP contribution is -2.56. The molecule has 182 valence electrons. The van der Waals surface area contributed by atoms with Gasteiger partial charge in [-0.15, -0.1) is 0 Å². The Balaban J connectivity index is 2.17. The minimum Gasteiger partial charge on any atom is -0.459 e. The predicted octanol–water partition coefficient (Wildman–Crippen LogP) is 2.51. The zero-order chi connectivity index (χ0) is 25.1. The smallest absolute Gasteiger partial charge is 0.338 e. The Labute approximate surface area is 195 Å². The van der Waals surface area contributed by atoms with E-state index in [0.717, 1.165) is 0 Å². The van der Waals surface area contributed by atoms with Gasteiger partial charge in [0, 0.05) is 12.1 Å². The van der Waals surface area contributed by atoms with Gasteiger partial charge in [0.2, 0.25) is 5.54 Å². The maximum Gasteiger partial charge on any atom is 0.338 e. The number of benzene rings is 2. The minimum absolute atomic E-state index is 0.125. The van der Waals surface area contributed by atoms with Crippen molar-refractivity contribution in [3.05, 3.63) is 79.9 Å². The first-order chi connectivity index (χ1) is 16.2. The van der Waals surface area contributed by atoms with Gasteiger partial charge in [-0.2, -0.15) is 0 Å². The molecule has 2 aromatic rings. The zero-order valence-corrected chi connectivity index (χ0v) is 18.4. The number of unbranched alkanes of at least 4 members (excludes halogenated alkanes) is 2. The lowest BCUT2D eigenvalue weighted by atomic mass is 9.93. The third-order valence-corrected chi connectivity index (χ3v) is 5.10. The van der Waals surface area contributed by atoms with Crippen LogP contribution >= 0.6 is 0 Å². The van der Waals surface area contributed by atoms with E-state index in [9.17, 15) is 29.8 Å². The number of para-hydroxylation sites is 2. The summed E-state index contributed by atoms with van der Waals surface area (Å²) in [5.41, 5.74) is 9.16. The van der Waals surface area contributed by atoms with Crippen molar-refractivity contribution in [2.75, 3.05) is 6.54 Å². The second-order valence-corrected chi connectivity index (χ2v) is 7.49. The van der Waals surface area contributed by atoms with Crippen LogP contribution in [0.25, 0.3) is 0 Å². The van der Waals surface area contributed by atoms with Crippen LogP contribution < -0.4 is 11.5 Å². The Kier molecular flexibility index (Phi) is 9.59. The van der Waals surface area contributed by atoms with Crippen LogP contribution in [-0.4, -0.2) is 33.9 Å². The molecule has 0 heterocycles. The van der Waals surface area contributed by atoms with E-state index in [-0.39, 0.29) is 28.9 Å². The van der Waals surface area contributed by atoms with Gasteiger partial charge in [-0.3, -0.25) is 20.2 Å². The highest BCUT2D eigenvalue weighted by Gasteiger charge is 2.45. The molecular formula is C22H26N4O8. The molecule has 0 atom stereocenters. The monoisotopic (exact) mass is 474 g/mol. The molecular weight excluding hydrogens is 448 g/mol. The first kappa shape index (κ1) is 26.4. The SMILES string of the molecule is NCCCCCC(N)(C(=O)OCc1ccccc1[N+](=O)[O-])C(=O)OCc1ccccc1[N+](=O)[O-]. The molecule has 0 aliphatic heterocycles. The van der Waals surface area contributed by atoms with Gasteiger partial charge in [0.1, 0.15) is 13.2 Å². The van der Waals surface area contributed by atoms with Crippen LogP contribution in [-0.2, 0) is 32.3 Å². The van der Waals surface area contributed by atoms with E-state index in [2.05, 4.69) is 0 Å². The maximum absolute atomic E-state index is 12.9. The predicted molar refractivity (Wildman–Crippen MR) is 120 cm³/mol. The van der Waals surface area contributed by atoms with Gasteiger partial charge >= 0.3 is 11.9 Å². The highest BCUT2D eigenvalue weighted by atomic mass is 16.6. The highest BCUT2D eigenvalue weighted by molar-refractivity contribution is 6.04. The first-order valence-corrected chi connectivity index (χ1v) is 10.5. The molecule has 0 spiro atoms. The van der Waals surface area contributed by atoms with Crippen molar-refractivity contribution < 1.29 is 28.9 Å². The molecule has 0 aliphatic carbocycles. The molecule has 0 radical (unpaired) electrons. The summed E-state index contributed by atoms with van der Waals surface area (Å²) in [5, 5.41) is 22.4. The molecule has 12 heteroatoms. The summed E-state index contributed by atoms with van der Waals surface area (Å²) in [5.74, 6) is -2.24. The number of nitrogens with two attached hydrogens (primary N) is 2.